The average molecular weight is 422 g/mol. The van der Waals surface area contributed by atoms with Crippen LogP contribution in [0.2, 0.25) is 0 Å². The van der Waals surface area contributed by atoms with Gasteiger partial charge in [-0.3, -0.25) is 0 Å². The maximum Gasteiger partial charge on any atom is 0.341 e. The largest absolute Gasteiger partial charge is 0.508 e. The number of carbonyl (C=O) groups is 1. The van der Waals surface area contributed by atoms with Crippen molar-refractivity contribution in [1.29, 1.82) is 0 Å². The molecule has 2 aromatic carbocycles. The molecule has 0 fully saturated rings. The number of hydrogen-bond donors (Lipinski definition) is 5. The molecule has 29 heavy (non-hydrogen) atoms. The minimum absolute atomic E-state index is 0. The van der Waals surface area contributed by atoms with E-state index in [1.807, 2.05) is 12.1 Å². The molecular weight excluding hydrogens is 394 g/mol. The number of aromatic hydroxyl groups is 1. The number of aliphatic carboxylic acids is 1. The molecule has 5 N–H and O–H groups in total. The molecule has 8 heteroatoms. The average Bonchev–Trinajstić information content (AvgIpc) is 2.70. The highest BCUT2D eigenvalue weighted by molar-refractivity contribution is 7.59. The zero-order chi connectivity index (χ0) is 20.1. The van der Waals surface area contributed by atoms with Crippen molar-refractivity contribution in [2.75, 3.05) is 13.2 Å². The third-order valence-electron chi connectivity index (χ3n) is 5.03. The number of carboxylic acids is 1. The van der Waals surface area contributed by atoms with E-state index in [0.717, 1.165) is 24.8 Å². The van der Waals surface area contributed by atoms with Crippen LogP contribution in [0.25, 0.3) is 0 Å². The molecule has 0 heterocycles. The number of ether oxygens (including phenoxy) is 1. The summed E-state index contributed by atoms with van der Waals surface area (Å²) in [6.07, 6.45) is 1.85. The van der Waals surface area contributed by atoms with Crippen molar-refractivity contribution in [3.8, 4) is 11.5 Å². The predicted octanol–water partition coefficient (Wildman–Crippen LogP) is 1.64. The van der Waals surface area contributed by atoms with Crippen molar-refractivity contribution in [3.63, 3.8) is 0 Å². The highest BCUT2D eigenvalue weighted by Crippen LogP contribution is 2.27. The SMILES string of the molecule is O=C(O)COc1ccc2c(c1)CC(NCC(O)c1ccc(O)c(CO)c1)CC2.S. The molecule has 0 saturated carbocycles. The second-order valence-electron chi connectivity index (χ2n) is 7.02. The van der Waals surface area contributed by atoms with E-state index in [1.165, 1.54) is 11.6 Å². The Morgan fingerprint density at radius 2 is 2.00 bits per heavy atom. The van der Waals surface area contributed by atoms with Crippen molar-refractivity contribution in [2.45, 2.75) is 38.0 Å². The van der Waals surface area contributed by atoms with E-state index in [0.29, 0.717) is 23.4 Å². The van der Waals surface area contributed by atoms with Crippen LogP contribution < -0.4 is 10.1 Å². The summed E-state index contributed by atoms with van der Waals surface area (Å²) >= 11 is 0. The van der Waals surface area contributed by atoms with Gasteiger partial charge >= 0.3 is 5.97 Å². The zero-order valence-electron chi connectivity index (χ0n) is 16.0. The molecule has 2 unspecified atom stereocenters. The molecule has 1 aliphatic carbocycles. The van der Waals surface area contributed by atoms with Crippen LogP contribution in [0.1, 0.15) is 34.8 Å². The van der Waals surface area contributed by atoms with Gasteiger partial charge in [-0.1, -0.05) is 12.1 Å². The topological polar surface area (TPSA) is 119 Å². The molecule has 0 aromatic heterocycles. The molecule has 7 nitrogen and oxygen atoms in total. The smallest absolute Gasteiger partial charge is 0.341 e. The van der Waals surface area contributed by atoms with E-state index in [9.17, 15) is 20.1 Å². The van der Waals surface area contributed by atoms with Gasteiger partial charge in [-0.15, -0.1) is 0 Å². The number of carboxylic acid groups (broad SMARTS) is 1. The van der Waals surface area contributed by atoms with Gasteiger partial charge in [-0.05, 0) is 60.2 Å². The highest BCUT2D eigenvalue weighted by atomic mass is 32.1. The number of aliphatic hydroxyl groups is 2. The van der Waals surface area contributed by atoms with Gasteiger partial charge in [0.25, 0.3) is 0 Å². The van der Waals surface area contributed by atoms with Crippen LogP contribution in [0.4, 0.5) is 0 Å². The summed E-state index contributed by atoms with van der Waals surface area (Å²) in [4.78, 5) is 10.7. The molecule has 1 aliphatic rings. The number of fused-ring (bicyclic) bond motifs is 1. The number of rotatable bonds is 8. The zero-order valence-corrected chi connectivity index (χ0v) is 17.0. The Morgan fingerprint density at radius 1 is 1.21 bits per heavy atom. The monoisotopic (exact) mass is 421 g/mol. The molecule has 0 aliphatic heterocycles. The first kappa shape index (κ1) is 23.0. The van der Waals surface area contributed by atoms with E-state index in [1.54, 1.807) is 18.2 Å². The fraction of sp³-hybridized carbons (Fsp3) is 0.381. The maximum absolute atomic E-state index is 10.7. The number of aryl methyl sites for hydroxylation is 1. The fourth-order valence-corrected chi connectivity index (χ4v) is 3.48. The third-order valence-corrected chi connectivity index (χ3v) is 5.03. The second-order valence-corrected chi connectivity index (χ2v) is 7.02. The minimum Gasteiger partial charge on any atom is -0.508 e. The Bertz CT molecular complexity index is 844. The molecule has 3 rings (SSSR count). The summed E-state index contributed by atoms with van der Waals surface area (Å²) in [5.74, 6) is -0.455. The number of aliphatic hydroxyl groups excluding tert-OH is 2. The molecule has 0 bridgehead atoms. The summed E-state index contributed by atoms with van der Waals surface area (Å²) in [5.41, 5.74) is 3.37. The van der Waals surface area contributed by atoms with Crippen molar-refractivity contribution < 1.29 is 30.0 Å². The molecule has 0 saturated heterocycles. The Balaban J connectivity index is 0.00000300. The van der Waals surface area contributed by atoms with Crippen LogP contribution >= 0.6 is 13.5 Å². The van der Waals surface area contributed by atoms with Gasteiger partial charge in [0.1, 0.15) is 11.5 Å². The lowest BCUT2D eigenvalue weighted by molar-refractivity contribution is -0.139. The lowest BCUT2D eigenvalue weighted by Crippen LogP contribution is -2.37. The summed E-state index contributed by atoms with van der Waals surface area (Å²) < 4.78 is 5.26. The summed E-state index contributed by atoms with van der Waals surface area (Å²) in [7, 11) is 0. The number of nitrogens with one attached hydrogen (secondary N) is 1. The lowest BCUT2D eigenvalue weighted by Gasteiger charge is -2.27. The molecule has 2 atom stereocenters. The summed E-state index contributed by atoms with van der Waals surface area (Å²) in [5, 5.41) is 41.4. The quantitative estimate of drug-likeness (QED) is 0.440. The van der Waals surface area contributed by atoms with E-state index < -0.39 is 12.1 Å². The molecule has 2 aromatic rings. The molecular formula is C21H27NO6S. The number of phenols is 1. The first-order chi connectivity index (χ1) is 13.5. The number of hydrogen-bond acceptors (Lipinski definition) is 6. The van der Waals surface area contributed by atoms with Gasteiger partial charge in [-0.2, -0.15) is 13.5 Å². The van der Waals surface area contributed by atoms with Crippen LogP contribution in [-0.2, 0) is 24.2 Å². The first-order valence-corrected chi connectivity index (χ1v) is 9.26. The predicted molar refractivity (Wildman–Crippen MR) is 113 cm³/mol. The normalized spacial score (nSPS) is 16.4. The fourth-order valence-electron chi connectivity index (χ4n) is 3.48. The molecule has 0 radical (unpaired) electrons. The van der Waals surface area contributed by atoms with Crippen molar-refractivity contribution in [1.82, 2.24) is 5.32 Å². The molecule has 158 valence electrons. The van der Waals surface area contributed by atoms with E-state index in [4.69, 9.17) is 9.84 Å². The van der Waals surface area contributed by atoms with Crippen LogP contribution in [-0.4, -0.2) is 45.6 Å². The van der Waals surface area contributed by atoms with Gasteiger partial charge in [0.15, 0.2) is 6.61 Å². The van der Waals surface area contributed by atoms with Gasteiger partial charge < -0.3 is 30.5 Å². The van der Waals surface area contributed by atoms with Gasteiger partial charge in [0, 0.05) is 18.2 Å². The van der Waals surface area contributed by atoms with Crippen molar-refractivity contribution in [2.24, 2.45) is 0 Å². The van der Waals surface area contributed by atoms with Crippen LogP contribution in [0.5, 0.6) is 11.5 Å². The Labute approximate surface area is 176 Å². The highest BCUT2D eigenvalue weighted by Gasteiger charge is 2.20. The van der Waals surface area contributed by atoms with Gasteiger partial charge in [-0.25, -0.2) is 4.79 Å². The second kappa shape index (κ2) is 10.5. The van der Waals surface area contributed by atoms with Gasteiger partial charge in [0.05, 0.1) is 12.7 Å². The summed E-state index contributed by atoms with van der Waals surface area (Å²) in [6.45, 7) is -0.300. The summed E-state index contributed by atoms with van der Waals surface area (Å²) in [6, 6.07) is 10.6. The van der Waals surface area contributed by atoms with E-state index in [2.05, 4.69) is 5.32 Å². The lowest BCUT2D eigenvalue weighted by atomic mass is 9.88. The molecule has 0 spiro atoms. The Kier molecular flexibility index (Phi) is 8.33. The molecule has 0 amide bonds. The van der Waals surface area contributed by atoms with Crippen LogP contribution in [0.15, 0.2) is 36.4 Å². The third kappa shape index (κ3) is 6.11. The Hall–Kier alpha value is -2.26. The Morgan fingerprint density at radius 3 is 2.72 bits per heavy atom. The van der Waals surface area contributed by atoms with Crippen molar-refractivity contribution >= 4 is 19.5 Å². The number of benzene rings is 2. The van der Waals surface area contributed by atoms with E-state index >= 15 is 0 Å². The van der Waals surface area contributed by atoms with Crippen LogP contribution in [0.3, 0.4) is 0 Å². The standard InChI is InChI=1S/C21H25NO6.H2S/c23-11-16-7-14(3-6-19(16)24)20(25)10-22-17-4-1-13-2-5-18(9-15(13)8-17)28-12-21(26)27;/h2-3,5-7,9,17,20,22-25H,1,4,8,10-12H2,(H,26,27);1H2. The maximum atomic E-state index is 10.7. The first-order valence-electron chi connectivity index (χ1n) is 9.26. The van der Waals surface area contributed by atoms with Crippen molar-refractivity contribution in [3.05, 3.63) is 58.7 Å². The minimum atomic E-state index is -1.01. The van der Waals surface area contributed by atoms with Gasteiger partial charge in [0.2, 0.25) is 0 Å². The van der Waals surface area contributed by atoms with Crippen LogP contribution in [0, 0.1) is 0 Å². The van der Waals surface area contributed by atoms with E-state index in [-0.39, 0.29) is 38.5 Å².